The van der Waals surface area contributed by atoms with Gasteiger partial charge in [-0.3, -0.25) is 14.7 Å². The number of halogens is 1. The van der Waals surface area contributed by atoms with Crippen molar-refractivity contribution in [2.24, 2.45) is 0 Å². The Balaban J connectivity index is 1.84. The van der Waals surface area contributed by atoms with Crippen LogP contribution in [0.1, 0.15) is 30.3 Å². The van der Waals surface area contributed by atoms with Crippen molar-refractivity contribution >= 4 is 17.5 Å². The standard InChI is InChI=1S/C13H18ClN3O/c1-10(17-6-2-3-7-17)9-16-13(18)12-8-11(14)4-5-15-12/h4-5,8,10H,2-3,6-7,9H2,1H3,(H,16,18). The van der Waals surface area contributed by atoms with E-state index in [1.165, 1.54) is 12.8 Å². The van der Waals surface area contributed by atoms with Crippen molar-refractivity contribution in [3.05, 3.63) is 29.0 Å². The number of nitrogens with zero attached hydrogens (tertiary/aromatic N) is 2. The van der Waals surface area contributed by atoms with Crippen molar-refractivity contribution in [2.45, 2.75) is 25.8 Å². The normalized spacial score (nSPS) is 17.7. The number of hydrogen-bond donors (Lipinski definition) is 1. The van der Waals surface area contributed by atoms with E-state index in [9.17, 15) is 4.79 Å². The number of likely N-dealkylation sites (tertiary alicyclic amines) is 1. The molecule has 98 valence electrons. The largest absolute Gasteiger partial charge is 0.349 e. The number of aromatic nitrogens is 1. The Hall–Kier alpha value is -1.13. The molecule has 0 spiro atoms. The van der Waals surface area contributed by atoms with Crippen LogP contribution in [0.5, 0.6) is 0 Å². The molecule has 4 nitrogen and oxygen atoms in total. The molecule has 2 rings (SSSR count). The van der Waals surface area contributed by atoms with Crippen molar-refractivity contribution in [2.75, 3.05) is 19.6 Å². The molecule has 2 heterocycles. The summed E-state index contributed by atoms with van der Waals surface area (Å²) < 4.78 is 0. The molecule has 1 aliphatic heterocycles. The van der Waals surface area contributed by atoms with Gasteiger partial charge in [0.05, 0.1) is 0 Å². The van der Waals surface area contributed by atoms with Crippen LogP contribution in [0.4, 0.5) is 0 Å². The van der Waals surface area contributed by atoms with Crippen molar-refractivity contribution in [1.82, 2.24) is 15.2 Å². The summed E-state index contributed by atoms with van der Waals surface area (Å²) in [7, 11) is 0. The summed E-state index contributed by atoms with van der Waals surface area (Å²) in [6, 6.07) is 3.61. The summed E-state index contributed by atoms with van der Waals surface area (Å²) in [6.07, 6.45) is 4.06. The van der Waals surface area contributed by atoms with Gasteiger partial charge in [0.15, 0.2) is 0 Å². The van der Waals surface area contributed by atoms with Crippen LogP contribution in [0, 0.1) is 0 Å². The molecule has 0 aliphatic carbocycles. The first kappa shape index (κ1) is 13.3. The van der Waals surface area contributed by atoms with Gasteiger partial charge in [-0.05, 0) is 45.0 Å². The first-order valence-corrected chi connectivity index (χ1v) is 6.68. The fraction of sp³-hybridized carbons (Fsp3) is 0.538. The summed E-state index contributed by atoms with van der Waals surface area (Å²) in [5, 5.41) is 3.43. The molecule has 1 aromatic heterocycles. The van der Waals surface area contributed by atoms with Crippen LogP contribution >= 0.6 is 11.6 Å². The van der Waals surface area contributed by atoms with Gasteiger partial charge in [0.2, 0.25) is 0 Å². The lowest BCUT2D eigenvalue weighted by atomic mass is 10.2. The Kier molecular flexibility index (Phi) is 4.55. The molecule has 1 unspecified atom stereocenters. The first-order valence-electron chi connectivity index (χ1n) is 6.30. The molecule has 1 amide bonds. The summed E-state index contributed by atoms with van der Waals surface area (Å²) in [5.41, 5.74) is 0.371. The fourth-order valence-corrected chi connectivity index (χ4v) is 2.33. The van der Waals surface area contributed by atoms with E-state index in [0.29, 0.717) is 23.3 Å². The van der Waals surface area contributed by atoms with E-state index in [4.69, 9.17) is 11.6 Å². The number of carbonyl (C=O) groups excluding carboxylic acids is 1. The maximum Gasteiger partial charge on any atom is 0.269 e. The van der Waals surface area contributed by atoms with Gasteiger partial charge in [0, 0.05) is 23.8 Å². The number of carbonyl (C=O) groups is 1. The predicted molar refractivity (Wildman–Crippen MR) is 71.8 cm³/mol. The molecule has 1 atom stereocenters. The van der Waals surface area contributed by atoms with Crippen molar-refractivity contribution < 1.29 is 4.79 Å². The molecule has 5 heteroatoms. The Morgan fingerprint density at radius 1 is 1.56 bits per heavy atom. The molecule has 1 fully saturated rings. The van der Waals surface area contributed by atoms with Crippen LogP contribution in [0.2, 0.25) is 5.02 Å². The molecule has 0 bridgehead atoms. The van der Waals surface area contributed by atoms with E-state index in [0.717, 1.165) is 13.1 Å². The molecule has 1 N–H and O–H groups in total. The van der Waals surface area contributed by atoms with E-state index >= 15 is 0 Å². The van der Waals surface area contributed by atoms with Crippen molar-refractivity contribution in [1.29, 1.82) is 0 Å². The second-order valence-electron chi connectivity index (χ2n) is 4.66. The van der Waals surface area contributed by atoms with Gasteiger partial charge in [-0.2, -0.15) is 0 Å². The van der Waals surface area contributed by atoms with Crippen LogP contribution in [0.15, 0.2) is 18.3 Å². The second kappa shape index (κ2) is 6.16. The molecule has 1 aliphatic rings. The Bertz CT molecular complexity index is 418. The van der Waals surface area contributed by atoms with Crippen LogP contribution in [0.3, 0.4) is 0 Å². The molecule has 0 saturated carbocycles. The van der Waals surface area contributed by atoms with Gasteiger partial charge < -0.3 is 5.32 Å². The Morgan fingerprint density at radius 3 is 2.94 bits per heavy atom. The van der Waals surface area contributed by atoms with E-state index in [1.807, 2.05) is 0 Å². The van der Waals surface area contributed by atoms with E-state index in [1.54, 1.807) is 18.3 Å². The Morgan fingerprint density at radius 2 is 2.28 bits per heavy atom. The highest BCUT2D eigenvalue weighted by molar-refractivity contribution is 6.30. The van der Waals surface area contributed by atoms with Crippen molar-refractivity contribution in [3.63, 3.8) is 0 Å². The minimum atomic E-state index is -0.163. The van der Waals surface area contributed by atoms with E-state index < -0.39 is 0 Å². The second-order valence-corrected chi connectivity index (χ2v) is 5.10. The fourth-order valence-electron chi connectivity index (χ4n) is 2.17. The zero-order valence-electron chi connectivity index (χ0n) is 10.5. The number of nitrogens with one attached hydrogen (secondary N) is 1. The van der Waals surface area contributed by atoms with Gasteiger partial charge in [0.1, 0.15) is 5.69 Å². The van der Waals surface area contributed by atoms with Crippen molar-refractivity contribution in [3.8, 4) is 0 Å². The number of hydrogen-bond acceptors (Lipinski definition) is 3. The lowest BCUT2D eigenvalue weighted by Gasteiger charge is -2.23. The summed E-state index contributed by atoms with van der Waals surface area (Å²) in [4.78, 5) is 18.3. The van der Waals surface area contributed by atoms with Gasteiger partial charge >= 0.3 is 0 Å². The minimum absolute atomic E-state index is 0.163. The van der Waals surface area contributed by atoms with Crippen LogP contribution in [0.25, 0.3) is 0 Å². The number of amides is 1. The predicted octanol–water partition coefficient (Wildman–Crippen LogP) is 1.95. The number of pyridine rings is 1. The van der Waals surface area contributed by atoms with Crippen LogP contribution < -0.4 is 5.32 Å². The molecular weight excluding hydrogens is 250 g/mol. The lowest BCUT2D eigenvalue weighted by molar-refractivity contribution is 0.0935. The maximum absolute atomic E-state index is 11.9. The zero-order chi connectivity index (χ0) is 13.0. The molecule has 0 aromatic carbocycles. The first-order chi connectivity index (χ1) is 8.66. The highest BCUT2D eigenvalue weighted by Crippen LogP contribution is 2.11. The highest BCUT2D eigenvalue weighted by atomic mass is 35.5. The molecule has 0 radical (unpaired) electrons. The van der Waals surface area contributed by atoms with Gasteiger partial charge in [-0.1, -0.05) is 11.6 Å². The zero-order valence-corrected chi connectivity index (χ0v) is 11.3. The van der Waals surface area contributed by atoms with Gasteiger partial charge in [0.25, 0.3) is 5.91 Å². The highest BCUT2D eigenvalue weighted by Gasteiger charge is 2.18. The number of rotatable bonds is 4. The summed E-state index contributed by atoms with van der Waals surface area (Å²) in [6.45, 7) is 5.04. The SMILES string of the molecule is CC(CNC(=O)c1cc(Cl)ccn1)N1CCCC1. The Labute approximate surface area is 112 Å². The third-order valence-electron chi connectivity index (χ3n) is 3.28. The minimum Gasteiger partial charge on any atom is -0.349 e. The third-order valence-corrected chi connectivity index (χ3v) is 3.51. The molecular formula is C13H18ClN3O. The molecule has 18 heavy (non-hydrogen) atoms. The average Bonchev–Trinajstić information content (AvgIpc) is 2.89. The van der Waals surface area contributed by atoms with E-state index in [2.05, 4.69) is 22.1 Å². The summed E-state index contributed by atoms with van der Waals surface area (Å²) in [5.74, 6) is -0.163. The summed E-state index contributed by atoms with van der Waals surface area (Å²) >= 11 is 5.83. The maximum atomic E-state index is 11.9. The topological polar surface area (TPSA) is 45.2 Å². The third kappa shape index (κ3) is 3.43. The van der Waals surface area contributed by atoms with Crippen LogP contribution in [-0.2, 0) is 0 Å². The van der Waals surface area contributed by atoms with Crippen LogP contribution in [-0.4, -0.2) is 41.5 Å². The molecule has 1 aromatic rings. The smallest absolute Gasteiger partial charge is 0.269 e. The van der Waals surface area contributed by atoms with Gasteiger partial charge in [-0.15, -0.1) is 0 Å². The van der Waals surface area contributed by atoms with E-state index in [-0.39, 0.29) is 5.91 Å². The average molecular weight is 268 g/mol. The monoisotopic (exact) mass is 267 g/mol. The lowest BCUT2D eigenvalue weighted by Crippen LogP contribution is -2.40. The van der Waals surface area contributed by atoms with Gasteiger partial charge in [-0.25, -0.2) is 0 Å². The quantitative estimate of drug-likeness (QED) is 0.907. The molecule has 1 saturated heterocycles.